The highest BCUT2D eigenvalue weighted by Crippen LogP contribution is 2.60. The van der Waals surface area contributed by atoms with Crippen LogP contribution in [0.2, 0.25) is 0 Å². The second-order valence-corrected chi connectivity index (χ2v) is 8.73. The van der Waals surface area contributed by atoms with Crippen molar-refractivity contribution in [1.82, 2.24) is 0 Å². The molecule has 3 aliphatic rings. The molecule has 23 heavy (non-hydrogen) atoms. The van der Waals surface area contributed by atoms with Crippen LogP contribution in [0.25, 0.3) is 0 Å². The van der Waals surface area contributed by atoms with Gasteiger partial charge in [0.2, 0.25) is 0 Å². The number of benzene rings is 1. The average Bonchev–Trinajstić information content (AvgIpc) is 2.55. The number of rotatable bonds is 1. The molecule has 4 rings (SSSR count). The highest BCUT2D eigenvalue weighted by molar-refractivity contribution is 6.20. The molecule has 0 spiro atoms. The lowest BCUT2D eigenvalue weighted by Crippen LogP contribution is -2.53. The van der Waals surface area contributed by atoms with Crippen molar-refractivity contribution in [3.05, 3.63) is 29.3 Å². The van der Waals surface area contributed by atoms with Gasteiger partial charge in [0, 0.05) is 5.38 Å². The summed E-state index contributed by atoms with van der Waals surface area (Å²) in [5.74, 6) is 2.84. The topological polar surface area (TPSA) is 29.5 Å². The van der Waals surface area contributed by atoms with Crippen molar-refractivity contribution in [3.8, 4) is 5.75 Å². The molecule has 0 unspecified atom stereocenters. The number of hydrogen-bond acceptors (Lipinski definition) is 2. The Morgan fingerprint density at radius 2 is 2.09 bits per heavy atom. The van der Waals surface area contributed by atoms with Crippen LogP contribution in [0, 0.1) is 17.3 Å². The van der Waals surface area contributed by atoms with Gasteiger partial charge in [0.05, 0.1) is 13.2 Å². The molecule has 0 bridgehead atoms. The fourth-order valence-electron chi connectivity index (χ4n) is 5.77. The predicted molar refractivity (Wildman–Crippen MR) is 93.3 cm³/mol. The molecule has 6 atom stereocenters. The number of aliphatic hydroxyl groups excluding tert-OH is 1. The minimum atomic E-state index is -0.234. The number of fused-ring (bicyclic) bond motifs is 5. The van der Waals surface area contributed by atoms with Crippen LogP contribution in [-0.2, 0) is 6.42 Å². The molecule has 0 heterocycles. The van der Waals surface area contributed by atoms with Gasteiger partial charge in [-0.05, 0) is 85.0 Å². The van der Waals surface area contributed by atoms with Crippen LogP contribution in [0.1, 0.15) is 56.1 Å². The van der Waals surface area contributed by atoms with Gasteiger partial charge in [-0.25, -0.2) is 0 Å². The first-order valence-electron chi connectivity index (χ1n) is 9.02. The molecule has 2 saturated carbocycles. The van der Waals surface area contributed by atoms with Crippen LogP contribution in [0.3, 0.4) is 0 Å². The van der Waals surface area contributed by atoms with E-state index >= 15 is 0 Å². The second-order valence-electron chi connectivity index (χ2n) is 8.11. The zero-order valence-electron chi connectivity index (χ0n) is 14.1. The van der Waals surface area contributed by atoms with Gasteiger partial charge in [-0.1, -0.05) is 13.0 Å². The summed E-state index contributed by atoms with van der Waals surface area (Å²) in [6.07, 6.45) is 6.27. The molecule has 2 fully saturated rings. The molecular weight excluding hydrogens is 308 g/mol. The summed E-state index contributed by atoms with van der Waals surface area (Å²) in [6.45, 7) is 2.31. The van der Waals surface area contributed by atoms with Gasteiger partial charge < -0.3 is 9.84 Å². The van der Waals surface area contributed by atoms with E-state index in [0.29, 0.717) is 17.8 Å². The van der Waals surface area contributed by atoms with Crippen LogP contribution in [0.5, 0.6) is 5.75 Å². The van der Waals surface area contributed by atoms with Crippen LogP contribution in [-0.4, -0.2) is 23.7 Å². The summed E-state index contributed by atoms with van der Waals surface area (Å²) in [6, 6.07) is 6.61. The molecule has 3 aliphatic carbocycles. The molecule has 1 aromatic carbocycles. The lowest BCUT2D eigenvalue weighted by molar-refractivity contribution is -0.0961. The van der Waals surface area contributed by atoms with Crippen LogP contribution in [0.15, 0.2) is 18.2 Å². The largest absolute Gasteiger partial charge is 0.497 e. The van der Waals surface area contributed by atoms with Crippen LogP contribution in [0.4, 0.5) is 0 Å². The summed E-state index contributed by atoms with van der Waals surface area (Å²) >= 11 is 6.49. The number of hydrogen-bond donors (Lipinski definition) is 1. The Labute approximate surface area is 144 Å². The van der Waals surface area contributed by atoms with Crippen LogP contribution < -0.4 is 4.74 Å². The number of halogens is 1. The Bertz CT molecular complexity index is 601. The Kier molecular flexibility index (Phi) is 3.89. The van der Waals surface area contributed by atoms with E-state index in [1.165, 1.54) is 24.0 Å². The van der Waals surface area contributed by atoms with E-state index in [1.54, 1.807) is 7.11 Å². The van der Waals surface area contributed by atoms with Crippen molar-refractivity contribution < 1.29 is 9.84 Å². The first-order valence-corrected chi connectivity index (χ1v) is 9.45. The zero-order valence-corrected chi connectivity index (χ0v) is 14.9. The molecule has 0 radical (unpaired) electrons. The normalized spacial score (nSPS) is 42.3. The summed E-state index contributed by atoms with van der Waals surface area (Å²) in [7, 11) is 1.74. The second kappa shape index (κ2) is 5.67. The number of aliphatic hydroxyl groups is 1. The molecule has 1 N–H and O–H groups in total. The lowest BCUT2D eigenvalue weighted by atomic mass is 9.50. The van der Waals surface area contributed by atoms with E-state index in [0.717, 1.165) is 31.4 Å². The Hall–Kier alpha value is -0.730. The number of aryl methyl sites for hydroxylation is 1. The van der Waals surface area contributed by atoms with E-state index in [-0.39, 0.29) is 16.9 Å². The van der Waals surface area contributed by atoms with Gasteiger partial charge in [-0.2, -0.15) is 0 Å². The summed E-state index contributed by atoms with van der Waals surface area (Å²) < 4.78 is 5.40. The van der Waals surface area contributed by atoms with E-state index in [4.69, 9.17) is 16.3 Å². The monoisotopic (exact) mass is 334 g/mol. The highest BCUT2D eigenvalue weighted by Gasteiger charge is 2.54. The van der Waals surface area contributed by atoms with Gasteiger partial charge >= 0.3 is 0 Å². The molecule has 0 saturated heterocycles. The van der Waals surface area contributed by atoms with Gasteiger partial charge in [0.1, 0.15) is 5.75 Å². The van der Waals surface area contributed by atoms with E-state index in [1.807, 2.05) is 0 Å². The van der Waals surface area contributed by atoms with E-state index in [9.17, 15) is 5.11 Å². The molecule has 126 valence electrons. The zero-order chi connectivity index (χ0) is 16.2. The Balaban J connectivity index is 1.68. The molecule has 3 heteroatoms. The fourth-order valence-corrected chi connectivity index (χ4v) is 6.14. The standard InChI is InChI=1S/C20H27ClO2/c1-20-8-7-16-15-6-4-14(23-2)9-12(15)3-5-17(16)18(20)10-13(21)11-19(20)22/h4,6,9,13,16-19,22H,3,5,7-8,10-11H2,1-2H3/t13-,16+,17+,18-,19-,20-/m0/s1. The minimum Gasteiger partial charge on any atom is -0.497 e. The fraction of sp³-hybridized carbons (Fsp3) is 0.700. The molecule has 0 aromatic heterocycles. The molecule has 0 aliphatic heterocycles. The summed E-state index contributed by atoms with van der Waals surface area (Å²) in [4.78, 5) is 0. The maximum absolute atomic E-state index is 10.7. The SMILES string of the molecule is COc1ccc2c(c1)CC[C@@H]1[C@@H]2CC[C@]2(C)[C@@H](O)C[C@@H](Cl)C[C@@H]12. The van der Waals surface area contributed by atoms with Crippen LogP contribution >= 0.6 is 11.6 Å². The van der Waals surface area contributed by atoms with Crippen molar-refractivity contribution in [2.75, 3.05) is 7.11 Å². The van der Waals surface area contributed by atoms with E-state index in [2.05, 4.69) is 25.1 Å². The highest BCUT2D eigenvalue weighted by atomic mass is 35.5. The quantitative estimate of drug-likeness (QED) is 0.765. The maximum atomic E-state index is 10.7. The maximum Gasteiger partial charge on any atom is 0.119 e. The number of alkyl halides is 1. The Morgan fingerprint density at radius 1 is 1.26 bits per heavy atom. The van der Waals surface area contributed by atoms with Crippen molar-refractivity contribution in [3.63, 3.8) is 0 Å². The van der Waals surface area contributed by atoms with Crippen molar-refractivity contribution in [2.45, 2.75) is 62.8 Å². The molecule has 0 amide bonds. The average molecular weight is 335 g/mol. The van der Waals surface area contributed by atoms with Gasteiger partial charge in [-0.3, -0.25) is 0 Å². The van der Waals surface area contributed by atoms with Gasteiger partial charge in [0.25, 0.3) is 0 Å². The Morgan fingerprint density at radius 3 is 2.87 bits per heavy atom. The van der Waals surface area contributed by atoms with Gasteiger partial charge in [-0.15, -0.1) is 11.6 Å². The summed E-state index contributed by atoms with van der Waals surface area (Å²) in [5, 5.41) is 10.8. The molecule has 1 aromatic rings. The van der Waals surface area contributed by atoms with Gasteiger partial charge in [0.15, 0.2) is 0 Å². The number of ether oxygens (including phenoxy) is 1. The molecule has 2 nitrogen and oxygen atoms in total. The minimum absolute atomic E-state index is 0.0660. The third-order valence-corrected chi connectivity index (χ3v) is 7.48. The van der Waals surface area contributed by atoms with Crippen molar-refractivity contribution >= 4 is 11.6 Å². The lowest BCUT2D eigenvalue weighted by Gasteiger charge is -2.57. The van der Waals surface area contributed by atoms with Crippen molar-refractivity contribution in [2.24, 2.45) is 17.3 Å². The number of methoxy groups -OCH3 is 1. The summed E-state index contributed by atoms with van der Waals surface area (Å²) in [5.41, 5.74) is 3.06. The molecular formula is C20H27ClO2. The third-order valence-electron chi connectivity index (χ3n) is 7.12. The van der Waals surface area contributed by atoms with Crippen molar-refractivity contribution in [1.29, 1.82) is 0 Å². The smallest absolute Gasteiger partial charge is 0.119 e. The predicted octanol–water partition coefficient (Wildman–Crippen LogP) is 4.52. The first kappa shape index (κ1) is 15.8. The first-order chi connectivity index (χ1) is 11.0. The third kappa shape index (κ3) is 2.41. The van der Waals surface area contributed by atoms with E-state index < -0.39 is 0 Å².